The number of hydrogen-bond donors (Lipinski definition) is 3. The lowest BCUT2D eigenvalue weighted by molar-refractivity contribution is -0.139. The second-order valence-corrected chi connectivity index (χ2v) is 14.2. The molecule has 0 radical (unpaired) electrons. The summed E-state index contributed by atoms with van der Waals surface area (Å²) in [5.74, 6) is -0.309. The number of rotatable bonds is 10. The van der Waals surface area contributed by atoms with E-state index in [1.165, 1.54) is 25.3 Å². The number of benzene rings is 1. The number of hydrogen-bond acceptors (Lipinski definition) is 8. The molecule has 4 rings (SSSR count). The van der Waals surface area contributed by atoms with E-state index in [1.54, 1.807) is 19.1 Å². The fraction of sp³-hybridized carbons (Fsp3) is 0.516. The van der Waals surface area contributed by atoms with Crippen molar-refractivity contribution in [2.24, 2.45) is 11.8 Å². The number of amides is 1. The van der Waals surface area contributed by atoms with E-state index in [1.807, 2.05) is 0 Å². The molecule has 0 saturated heterocycles. The van der Waals surface area contributed by atoms with Crippen LogP contribution in [0.5, 0.6) is 11.6 Å². The van der Waals surface area contributed by atoms with Crippen LogP contribution in [0.4, 0.5) is 24.8 Å². The Labute approximate surface area is 272 Å². The molecular formula is C31H39ClF3N5O5S. The molecule has 4 atom stereocenters. The first kappa shape index (κ1) is 35.5. The van der Waals surface area contributed by atoms with Gasteiger partial charge in [0.2, 0.25) is 27.8 Å². The molecule has 2 aliphatic rings. The number of carbonyl (C=O) groups is 1. The third kappa shape index (κ3) is 8.91. The van der Waals surface area contributed by atoms with Crippen LogP contribution in [0.1, 0.15) is 64.9 Å². The van der Waals surface area contributed by atoms with Crippen molar-refractivity contribution < 1.29 is 35.9 Å². The Morgan fingerprint density at radius 3 is 2.54 bits per heavy atom. The summed E-state index contributed by atoms with van der Waals surface area (Å²) in [6.07, 6.45) is 5.06. The third-order valence-electron chi connectivity index (χ3n) is 8.56. The largest absolute Gasteiger partial charge is 0.436 e. The number of alkyl halides is 3. The quantitative estimate of drug-likeness (QED) is 0.227. The second-order valence-electron chi connectivity index (χ2n) is 12.0. The van der Waals surface area contributed by atoms with Crippen molar-refractivity contribution in [2.75, 3.05) is 23.4 Å². The summed E-state index contributed by atoms with van der Waals surface area (Å²) >= 11 is 5.97. The highest BCUT2D eigenvalue weighted by molar-refractivity contribution is 7.92. The molecule has 0 bridgehead atoms. The van der Waals surface area contributed by atoms with E-state index in [4.69, 9.17) is 21.1 Å². The van der Waals surface area contributed by atoms with Crippen molar-refractivity contribution in [3.8, 4) is 11.6 Å². The van der Waals surface area contributed by atoms with Crippen LogP contribution < -0.4 is 20.1 Å². The molecule has 1 amide bonds. The lowest BCUT2D eigenvalue weighted by Gasteiger charge is -2.34. The molecule has 3 N–H and O–H groups in total. The Bertz CT molecular complexity index is 1620. The molecule has 2 aromatic rings. The van der Waals surface area contributed by atoms with Gasteiger partial charge in [0.25, 0.3) is 0 Å². The molecule has 1 heterocycles. The number of ether oxygens (including phenoxy) is 2. The van der Waals surface area contributed by atoms with E-state index in [-0.39, 0.29) is 40.8 Å². The first-order valence-corrected chi connectivity index (χ1v) is 17.2. The molecule has 4 unspecified atom stereocenters. The van der Waals surface area contributed by atoms with Gasteiger partial charge in [0.15, 0.2) is 5.75 Å². The van der Waals surface area contributed by atoms with Crippen LogP contribution in [0.3, 0.4) is 0 Å². The number of nitrogens with zero attached hydrogens (tertiary/aromatic N) is 2. The molecule has 46 heavy (non-hydrogen) atoms. The second kappa shape index (κ2) is 14.2. The Morgan fingerprint density at radius 1 is 1.17 bits per heavy atom. The maximum atomic E-state index is 13.9. The predicted octanol–water partition coefficient (Wildman–Crippen LogP) is 7.06. The summed E-state index contributed by atoms with van der Waals surface area (Å²) in [6, 6.07) is 3.82. The number of allylic oxidation sites excluding steroid dienone is 2. The van der Waals surface area contributed by atoms with Gasteiger partial charge in [-0.25, -0.2) is 13.4 Å². The molecule has 0 aliphatic heterocycles. The van der Waals surface area contributed by atoms with E-state index in [0.29, 0.717) is 29.3 Å². The summed E-state index contributed by atoms with van der Waals surface area (Å²) in [4.78, 5) is 21.1. The number of nitrogens with one attached hydrogen (secondary N) is 3. The van der Waals surface area contributed by atoms with Crippen molar-refractivity contribution in [1.29, 1.82) is 0 Å². The molecule has 15 heteroatoms. The molecule has 2 aliphatic carbocycles. The van der Waals surface area contributed by atoms with Gasteiger partial charge in [0, 0.05) is 36.4 Å². The molecule has 1 aromatic carbocycles. The smallest absolute Gasteiger partial charge is 0.423 e. The van der Waals surface area contributed by atoms with E-state index in [2.05, 4.69) is 39.2 Å². The minimum absolute atomic E-state index is 0.0810. The topological polar surface area (TPSA) is 132 Å². The van der Waals surface area contributed by atoms with Gasteiger partial charge in [-0.3, -0.25) is 9.52 Å². The monoisotopic (exact) mass is 685 g/mol. The summed E-state index contributed by atoms with van der Waals surface area (Å²) in [5, 5.41) is 6.22. The molecule has 252 valence electrons. The molecule has 1 fully saturated rings. The summed E-state index contributed by atoms with van der Waals surface area (Å²) in [6.45, 7) is 6.21. The number of halogens is 4. The summed E-state index contributed by atoms with van der Waals surface area (Å²) in [7, 11) is -2.36. The Balaban J connectivity index is 1.59. The zero-order valence-electron chi connectivity index (χ0n) is 26.3. The van der Waals surface area contributed by atoms with Crippen molar-refractivity contribution in [3.63, 3.8) is 0 Å². The maximum absolute atomic E-state index is 13.9. The van der Waals surface area contributed by atoms with Crippen LogP contribution in [-0.2, 0) is 25.7 Å². The minimum Gasteiger partial charge on any atom is -0.436 e. The van der Waals surface area contributed by atoms with Crippen LogP contribution in [0.15, 0.2) is 47.8 Å². The number of aromatic nitrogens is 2. The van der Waals surface area contributed by atoms with Gasteiger partial charge in [-0.1, -0.05) is 37.9 Å². The van der Waals surface area contributed by atoms with Crippen LogP contribution in [0, 0.1) is 11.8 Å². The fourth-order valence-corrected chi connectivity index (χ4v) is 6.49. The normalized spacial score (nSPS) is 23.9. The van der Waals surface area contributed by atoms with E-state index in [0.717, 1.165) is 38.4 Å². The van der Waals surface area contributed by atoms with Gasteiger partial charge in [-0.2, -0.15) is 18.2 Å². The Hall–Kier alpha value is -3.36. The molecule has 10 nitrogen and oxygen atoms in total. The van der Waals surface area contributed by atoms with Crippen LogP contribution in [0.25, 0.3) is 0 Å². The highest BCUT2D eigenvalue weighted by Crippen LogP contribution is 2.40. The van der Waals surface area contributed by atoms with Gasteiger partial charge in [0.05, 0.1) is 17.6 Å². The fourth-order valence-electron chi connectivity index (χ4n) is 5.76. The summed E-state index contributed by atoms with van der Waals surface area (Å²) < 4.78 is 79.0. The van der Waals surface area contributed by atoms with Crippen LogP contribution in [0.2, 0.25) is 5.02 Å². The van der Waals surface area contributed by atoms with Gasteiger partial charge < -0.3 is 20.1 Å². The molecule has 1 saturated carbocycles. The zero-order valence-corrected chi connectivity index (χ0v) is 27.9. The molecular weight excluding hydrogens is 647 g/mol. The number of anilines is 2. The van der Waals surface area contributed by atoms with Crippen LogP contribution >= 0.6 is 11.6 Å². The predicted molar refractivity (Wildman–Crippen MR) is 170 cm³/mol. The van der Waals surface area contributed by atoms with Gasteiger partial charge in [-0.15, -0.1) is 0 Å². The van der Waals surface area contributed by atoms with E-state index >= 15 is 0 Å². The number of carbonyl (C=O) groups excluding carboxylic acids is 1. The Morgan fingerprint density at radius 2 is 1.89 bits per heavy atom. The number of sulfonamides is 1. The van der Waals surface area contributed by atoms with Crippen molar-refractivity contribution in [1.82, 2.24) is 15.3 Å². The average Bonchev–Trinajstić information content (AvgIpc) is 3.14. The van der Waals surface area contributed by atoms with Crippen molar-refractivity contribution in [3.05, 3.63) is 58.4 Å². The Kier molecular flexibility index (Phi) is 10.9. The first-order chi connectivity index (χ1) is 21.5. The van der Waals surface area contributed by atoms with E-state index < -0.39 is 33.2 Å². The van der Waals surface area contributed by atoms with Gasteiger partial charge in [-0.05, 0) is 68.7 Å². The zero-order chi connectivity index (χ0) is 33.9. The maximum Gasteiger partial charge on any atom is 0.423 e. The number of methoxy groups -OCH3 is 1. The average molecular weight is 686 g/mol. The first-order valence-electron chi connectivity index (χ1n) is 14.9. The lowest BCUT2D eigenvalue weighted by Crippen LogP contribution is -2.41. The third-order valence-corrected chi connectivity index (χ3v) is 9.39. The van der Waals surface area contributed by atoms with Gasteiger partial charge in [0.1, 0.15) is 11.2 Å². The standard InChI is InChI=1S/C31H39ClF3N5O5S/c1-6-19-8-12-22(11-7-18(19)2)37-27(41)20-9-14-26(30(3,16-20)44-4)38-29-36-17-23(31(33,34)35)28(39-29)45-25-13-10-21(32)15-24(25)40-46(5,42)43/h9-10,13-15,17-19,22,40H,6-8,11-12,16H2,1-5H3,(H,37,41)(H,36,38,39). The summed E-state index contributed by atoms with van der Waals surface area (Å²) in [5.41, 5.74) is -1.63. The van der Waals surface area contributed by atoms with Gasteiger partial charge >= 0.3 is 6.18 Å². The highest BCUT2D eigenvalue weighted by atomic mass is 35.5. The van der Waals surface area contributed by atoms with Crippen molar-refractivity contribution >= 4 is 39.2 Å². The SMILES string of the molecule is CCC1CCC(NC(=O)C2=CC=C(Nc3ncc(C(F)(F)F)c(Oc4ccc(Cl)cc4NS(C)(=O)=O)n3)C(C)(OC)C2)CCC1C. The van der Waals surface area contributed by atoms with E-state index in [9.17, 15) is 26.4 Å². The lowest BCUT2D eigenvalue weighted by atomic mass is 9.87. The highest BCUT2D eigenvalue weighted by Gasteiger charge is 2.38. The molecule has 0 spiro atoms. The van der Waals surface area contributed by atoms with Crippen molar-refractivity contribution in [2.45, 2.75) is 77.1 Å². The minimum atomic E-state index is -4.90. The van der Waals surface area contributed by atoms with Crippen LogP contribution in [-0.4, -0.2) is 49.3 Å². The molecule has 1 aromatic heterocycles.